The molecule has 1 aromatic carbocycles. The Hall–Kier alpha value is -0.0300. The second-order valence-corrected chi connectivity index (χ2v) is 5.88. The van der Waals surface area contributed by atoms with Crippen LogP contribution in [-0.2, 0) is 6.54 Å². The van der Waals surface area contributed by atoms with Gasteiger partial charge >= 0.3 is 0 Å². The standard InChI is InChI=1S/C13H20BrNOS/c1-2-6-15-10-11-4-5-12(9-13(11)14)17-8-3-7-16/h4-5,9,15-16H,2-3,6-8,10H2,1H3. The number of thioether (sulfide) groups is 1. The molecule has 0 saturated heterocycles. The van der Waals surface area contributed by atoms with Crippen molar-refractivity contribution >= 4 is 27.7 Å². The quantitative estimate of drug-likeness (QED) is 0.569. The van der Waals surface area contributed by atoms with E-state index in [4.69, 9.17) is 5.11 Å². The molecule has 0 aliphatic carbocycles. The largest absolute Gasteiger partial charge is 0.396 e. The van der Waals surface area contributed by atoms with Crippen LogP contribution in [0.2, 0.25) is 0 Å². The van der Waals surface area contributed by atoms with Gasteiger partial charge in [-0.15, -0.1) is 11.8 Å². The Labute approximate surface area is 116 Å². The predicted octanol–water partition coefficient (Wildman–Crippen LogP) is 3.42. The lowest BCUT2D eigenvalue weighted by Gasteiger charge is -2.08. The zero-order valence-corrected chi connectivity index (χ0v) is 12.6. The van der Waals surface area contributed by atoms with Crippen molar-refractivity contribution in [2.45, 2.75) is 31.2 Å². The van der Waals surface area contributed by atoms with Crippen molar-refractivity contribution in [3.05, 3.63) is 28.2 Å². The number of aliphatic hydroxyl groups excluding tert-OH is 1. The molecule has 0 amide bonds. The van der Waals surface area contributed by atoms with E-state index in [9.17, 15) is 0 Å². The molecule has 0 fully saturated rings. The summed E-state index contributed by atoms with van der Waals surface area (Å²) in [5, 5.41) is 12.1. The zero-order valence-electron chi connectivity index (χ0n) is 10.2. The van der Waals surface area contributed by atoms with Crippen LogP contribution >= 0.6 is 27.7 Å². The fraction of sp³-hybridized carbons (Fsp3) is 0.538. The van der Waals surface area contributed by atoms with Gasteiger partial charge in [0, 0.05) is 28.3 Å². The number of rotatable bonds is 8. The van der Waals surface area contributed by atoms with E-state index in [1.54, 1.807) is 11.8 Å². The van der Waals surface area contributed by atoms with Crippen LogP contribution in [0.15, 0.2) is 27.6 Å². The molecule has 0 atom stereocenters. The van der Waals surface area contributed by atoms with Gasteiger partial charge in [0.1, 0.15) is 0 Å². The highest BCUT2D eigenvalue weighted by Gasteiger charge is 2.01. The molecule has 0 aromatic heterocycles. The molecule has 0 bridgehead atoms. The molecule has 1 aromatic rings. The lowest BCUT2D eigenvalue weighted by molar-refractivity contribution is 0.296. The van der Waals surface area contributed by atoms with Crippen LogP contribution in [0, 0.1) is 0 Å². The third kappa shape index (κ3) is 5.91. The molecule has 2 nitrogen and oxygen atoms in total. The van der Waals surface area contributed by atoms with Gasteiger partial charge in [-0.25, -0.2) is 0 Å². The van der Waals surface area contributed by atoms with Crippen molar-refractivity contribution in [1.82, 2.24) is 5.32 Å². The first kappa shape index (κ1) is 15.0. The summed E-state index contributed by atoms with van der Waals surface area (Å²) >= 11 is 5.39. The predicted molar refractivity (Wildman–Crippen MR) is 78.6 cm³/mol. The molecule has 0 heterocycles. The van der Waals surface area contributed by atoms with E-state index in [0.29, 0.717) is 0 Å². The van der Waals surface area contributed by atoms with Crippen molar-refractivity contribution in [3.63, 3.8) is 0 Å². The van der Waals surface area contributed by atoms with Crippen LogP contribution in [0.25, 0.3) is 0 Å². The average Bonchev–Trinajstić information content (AvgIpc) is 2.32. The van der Waals surface area contributed by atoms with Gasteiger partial charge in [0.15, 0.2) is 0 Å². The number of nitrogens with one attached hydrogen (secondary N) is 1. The molecule has 0 radical (unpaired) electrons. The van der Waals surface area contributed by atoms with E-state index in [1.165, 1.54) is 10.5 Å². The minimum absolute atomic E-state index is 0.271. The van der Waals surface area contributed by atoms with Crippen molar-refractivity contribution in [2.75, 3.05) is 18.9 Å². The minimum Gasteiger partial charge on any atom is -0.396 e. The van der Waals surface area contributed by atoms with Gasteiger partial charge in [0.25, 0.3) is 0 Å². The lowest BCUT2D eigenvalue weighted by atomic mass is 10.2. The van der Waals surface area contributed by atoms with Crippen molar-refractivity contribution in [2.24, 2.45) is 0 Å². The Kier molecular flexibility index (Phi) is 7.93. The zero-order chi connectivity index (χ0) is 12.5. The van der Waals surface area contributed by atoms with Crippen molar-refractivity contribution < 1.29 is 5.11 Å². The van der Waals surface area contributed by atoms with Crippen LogP contribution < -0.4 is 5.32 Å². The number of benzene rings is 1. The van der Waals surface area contributed by atoms with Crippen LogP contribution in [0.3, 0.4) is 0 Å². The molecule has 2 N–H and O–H groups in total. The Morgan fingerprint density at radius 2 is 2.24 bits per heavy atom. The maximum atomic E-state index is 8.73. The van der Waals surface area contributed by atoms with Gasteiger partial charge < -0.3 is 10.4 Å². The summed E-state index contributed by atoms with van der Waals surface area (Å²) < 4.78 is 1.16. The highest BCUT2D eigenvalue weighted by molar-refractivity contribution is 9.10. The highest BCUT2D eigenvalue weighted by atomic mass is 79.9. The first-order valence-corrected chi connectivity index (χ1v) is 7.78. The lowest BCUT2D eigenvalue weighted by Crippen LogP contribution is -2.14. The molecule has 0 aliphatic rings. The fourth-order valence-electron chi connectivity index (χ4n) is 1.42. The first-order chi connectivity index (χ1) is 8.27. The van der Waals surface area contributed by atoms with Crippen LogP contribution in [0.4, 0.5) is 0 Å². The van der Waals surface area contributed by atoms with Gasteiger partial charge in [0.05, 0.1) is 0 Å². The van der Waals surface area contributed by atoms with E-state index in [-0.39, 0.29) is 6.61 Å². The maximum Gasteiger partial charge on any atom is 0.0439 e. The fourth-order valence-corrected chi connectivity index (χ4v) is 2.96. The van der Waals surface area contributed by atoms with Gasteiger partial charge in [-0.3, -0.25) is 0 Å². The summed E-state index contributed by atoms with van der Waals surface area (Å²) in [4.78, 5) is 1.25. The van der Waals surface area contributed by atoms with Crippen LogP contribution in [0.1, 0.15) is 25.3 Å². The maximum absolute atomic E-state index is 8.73. The van der Waals surface area contributed by atoms with E-state index < -0.39 is 0 Å². The summed E-state index contributed by atoms with van der Waals surface area (Å²) in [6, 6.07) is 6.47. The molecule has 17 heavy (non-hydrogen) atoms. The minimum atomic E-state index is 0.271. The third-order valence-corrected chi connectivity index (χ3v) is 4.16. The number of hydrogen-bond donors (Lipinski definition) is 2. The van der Waals surface area contributed by atoms with Gasteiger partial charge in [-0.1, -0.05) is 28.9 Å². The van der Waals surface area contributed by atoms with Gasteiger partial charge in [-0.2, -0.15) is 0 Å². The molecule has 0 unspecified atom stereocenters. The van der Waals surface area contributed by atoms with Crippen molar-refractivity contribution in [1.29, 1.82) is 0 Å². The summed E-state index contributed by atoms with van der Waals surface area (Å²) in [6.07, 6.45) is 2.01. The molecule has 0 aliphatic heterocycles. The number of hydrogen-bond acceptors (Lipinski definition) is 3. The monoisotopic (exact) mass is 317 g/mol. The normalized spacial score (nSPS) is 10.8. The summed E-state index contributed by atoms with van der Waals surface area (Å²) in [5.74, 6) is 0.969. The van der Waals surface area contributed by atoms with E-state index in [1.807, 2.05) is 0 Å². The average molecular weight is 318 g/mol. The van der Waals surface area contributed by atoms with E-state index >= 15 is 0 Å². The molecule has 4 heteroatoms. The van der Waals surface area contributed by atoms with E-state index in [0.717, 1.165) is 36.2 Å². The topological polar surface area (TPSA) is 32.3 Å². The second kappa shape index (κ2) is 8.97. The molecular weight excluding hydrogens is 298 g/mol. The summed E-state index contributed by atoms with van der Waals surface area (Å²) in [5.41, 5.74) is 1.30. The van der Waals surface area contributed by atoms with Gasteiger partial charge in [0.2, 0.25) is 0 Å². The molecular formula is C13H20BrNOS. The van der Waals surface area contributed by atoms with Crippen LogP contribution in [-0.4, -0.2) is 24.0 Å². The Morgan fingerprint density at radius 3 is 2.88 bits per heavy atom. The van der Waals surface area contributed by atoms with E-state index in [2.05, 4.69) is 46.4 Å². The third-order valence-electron chi connectivity index (χ3n) is 2.34. The molecule has 96 valence electrons. The highest BCUT2D eigenvalue weighted by Crippen LogP contribution is 2.25. The first-order valence-electron chi connectivity index (χ1n) is 6.00. The Balaban J connectivity index is 2.47. The number of aliphatic hydroxyl groups is 1. The molecule has 0 saturated carbocycles. The smallest absolute Gasteiger partial charge is 0.0439 e. The second-order valence-electron chi connectivity index (χ2n) is 3.86. The Bertz CT molecular complexity index is 333. The SMILES string of the molecule is CCCNCc1ccc(SCCCO)cc1Br. The number of halogens is 1. The molecule has 1 rings (SSSR count). The van der Waals surface area contributed by atoms with Gasteiger partial charge in [-0.05, 0) is 37.1 Å². The Morgan fingerprint density at radius 1 is 1.41 bits per heavy atom. The van der Waals surface area contributed by atoms with Crippen LogP contribution in [0.5, 0.6) is 0 Å². The summed E-state index contributed by atoms with van der Waals surface area (Å²) in [7, 11) is 0. The summed E-state index contributed by atoms with van der Waals surface area (Å²) in [6.45, 7) is 4.41. The van der Waals surface area contributed by atoms with Crippen molar-refractivity contribution in [3.8, 4) is 0 Å². The molecule has 0 spiro atoms.